The van der Waals surface area contributed by atoms with Gasteiger partial charge >= 0.3 is 0 Å². The van der Waals surface area contributed by atoms with E-state index in [2.05, 4.69) is 6.08 Å². The molecule has 0 aromatic heterocycles. The van der Waals surface area contributed by atoms with Crippen LogP contribution in [0.15, 0.2) is 22.8 Å². The Labute approximate surface area is 91.9 Å². The Bertz CT molecular complexity index is 324. The molecule has 0 bridgehead atoms. The van der Waals surface area contributed by atoms with E-state index in [1.165, 1.54) is 38.5 Å². The molecule has 2 fully saturated rings. The molecule has 0 heterocycles. The van der Waals surface area contributed by atoms with Gasteiger partial charge in [-0.25, -0.2) is 0 Å². The van der Waals surface area contributed by atoms with Crippen molar-refractivity contribution in [3.63, 3.8) is 0 Å². The van der Waals surface area contributed by atoms with Gasteiger partial charge in [-0.3, -0.25) is 0 Å². The van der Waals surface area contributed by atoms with Crippen molar-refractivity contribution in [1.29, 1.82) is 0 Å². The van der Waals surface area contributed by atoms with Crippen molar-refractivity contribution in [3.8, 4) is 0 Å². The van der Waals surface area contributed by atoms with Gasteiger partial charge in [0.1, 0.15) is 0 Å². The lowest BCUT2D eigenvalue weighted by Crippen LogP contribution is -2.07. The molecule has 0 spiro atoms. The van der Waals surface area contributed by atoms with E-state index in [4.69, 9.17) is 0 Å². The molecule has 15 heavy (non-hydrogen) atoms. The summed E-state index contributed by atoms with van der Waals surface area (Å²) in [5, 5.41) is 9.85. The molecule has 1 nitrogen and oxygen atoms in total. The molecule has 3 aliphatic carbocycles. The summed E-state index contributed by atoms with van der Waals surface area (Å²) in [7, 11) is 0. The third-order valence-corrected chi connectivity index (χ3v) is 4.16. The first kappa shape index (κ1) is 9.65. The maximum atomic E-state index is 9.85. The molecule has 3 rings (SSSR count). The Morgan fingerprint density at radius 3 is 2.93 bits per heavy atom. The van der Waals surface area contributed by atoms with Gasteiger partial charge in [-0.15, -0.1) is 0 Å². The van der Waals surface area contributed by atoms with Gasteiger partial charge < -0.3 is 5.11 Å². The van der Waals surface area contributed by atoms with Crippen molar-refractivity contribution < 1.29 is 5.11 Å². The third-order valence-electron chi connectivity index (χ3n) is 4.16. The van der Waals surface area contributed by atoms with Crippen LogP contribution in [0.1, 0.15) is 51.4 Å². The zero-order chi connectivity index (χ0) is 10.3. The summed E-state index contributed by atoms with van der Waals surface area (Å²) < 4.78 is 0. The first-order valence-corrected chi connectivity index (χ1v) is 6.44. The second kappa shape index (κ2) is 3.79. The Morgan fingerprint density at radius 1 is 1.20 bits per heavy atom. The second-order valence-electron chi connectivity index (χ2n) is 5.31. The van der Waals surface area contributed by atoms with E-state index in [0.29, 0.717) is 0 Å². The molecule has 0 aliphatic heterocycles. The number of aliphatic hydroxyl groups is 1. The van der Waals surface area contributed by atoms with Gasteiger partial charge in [0.25, 0.3) is 0 Å². The molecule has 1 unspecified atom stereocenters. The quantitative estimate of drug-likeness (QED) is 0.641. The lowest BCUT2D eigenvalue weighted by molar-refractivity contribution is 0.146. The van der Waals surface area contributed by atoms with E-state index >= 15 is 0 Å². The maximum Gasteiger partial charge on any atom is 0.0546 e. The second-order valence-corrected chi connectivity index (χ2v) is 5.31. The van der Waals surface area contributed by atoms with Gasteiger partial charge in [-0.05, 0) is 62.0 Å². The highest BCUT2D eigenvalue weighted by atomic mass is 16.3. The minimum absolute atomic E-state index is 0.0327. The lowest BCUT2D eigenvalue weighted by atomic mass is 9.83. The third kappa shape index (κ3) is 1.90. The largest absolute Gasteiger partial charge is 0.393 e. The average Bonchev–Trinajstić information content (AvgIpc) is 2.87. The predicted molar refractivity (Wildman–Crippen MR) is 61.5 cm³/mol. The fourth-order valence-corrected chi connectivity index (χ4v) is 3.03. The Hall–Kier alpha value is -0.560. The van der Waals surface area contributed by atoms with E-state index in [-0.39, 0.29) is 6.10 Å². The number of hydrogen-bond acceptors (Lipinski definition) is 1. The predicted octanol–water partition coefficient (Wildman–Crippen LogP) is 3.35. The average molecular weight is 204 g/mol. The molecule has 1 heteroatoms. The molecule has 0 saturated heterocycles. The fourth-order valence-electron chi connectivity index (χ4n) is 3.03. The summed E-state index contributed by atoms with van der Waals surface area (Å²) in [6.45, 7) is 0. The maximum absolute atomic E-state index is 9.85. The topological polar surface area (TPSA) is 20.2 Å². The summed E-state index contributed by atoms with van der Waals surface area (Å²) in [6.07, 6.45) is 12.1. The zero-order valence-corrected chi connectivity index (χ0v) is 9.34. The summed E-state index contributed by atoms with van der Waals surface area (Å²) in [6, 6.07) is 0. The Morgan fingerprint density at radius 2 is 2.13 bits per heavy atom. The Kier molecular flexibility index (Phi) is 2.44. The van der Waals surface area contributed by atoms with Crippen molar-refractivity contribution in [2.45, 2.75) is 57.5 Å². The van der Waals surface area contributed by atoms with Crippen LogP contribution in [0.5, 0.6) is 0 Å². The first-order valence-electron chi connectivity index (χ1n) is 6.44. The van der Waals surface area contributed by atoms with Crippen molar-refractivity contribution in [2.75, 3.05) is 0 Å². The van der Waals surface area contributed by atoms with Crippen molar-refractivity contribution >= 4 is 0 Å². The molecule has 0 amide bonds. The zero-order valence-electron chi connectivity index (χ0n) is 9.34. The van der Waals surface area contributed by atoms with Gasteiger partial charge in [-0.2, -0.15) is 0 Å². The minimum atomic E-state index is -0.0327. The van der Waals surface area contributed by atoms with Crippen LogP contribution >= 0.6 is 0 Å². The lowest BCUT2D eigenvalue weighted by Gasteiger charge is -2.22. The standard InChI is InChI=1S/C14H20O/c15-12-5-3-1-2-4-10-6-7-13(10)14-9-11(14)8-12/h4,11-12,15H,1-3,5-9H2/b10-4-,14-13-/t11-,12?/m0/s1. The van der Waals surface area contributed by atoms with Crippen LogP contribution in [0.4, 0.5) is 0 Å². The van der Waals surface area contributed by atoms with Gasteiger partial charge in [0.15, 0.2) is 0 Å². The molecule has 2 saturated carbocycles. The molecule has 1 N–H and O–H groups in total. The first-order chi connectivity index (χ1) is 7.34. The van der Waals surface area contributed by atoms with Crippen LogP contribution in [0.3, 0.4) is 0 Å². The van der Waals surface area contributed by atoms with Crippen LogP contribution in [-0.4, -0.2) is 11.2 Å². The number of hydrogen-bond donors (Lipinski definition) is 1. The summed E-state index contributed by atoms with van der Waals surface area (Å²) in [4.78, 5) is 0. The minimum Gasteiger partial charge on any atom is -0.393 e. The molecule has 82 valence electrons. The van der Waals surface area contributed by atoms with E-state index in [0.717, 1.165) is 18.8 Å². The van der Waals surface area contributed by atoms with E-state index in [1.807, 2.05) is 0 Å². The normalized spacial score (nSPS) is 43.9. The van der Waals surface area contributed by atoms with Crippen LogP contribution in [0.25, 0.3) is 0 Å². The molecular formula is C14H20O. The molecule has 0 radical (unpaired) electrons. The van der Waals surface area contributed by atoms with Gasteiger partial charge in [0.05, 0.1) is 6.10 Å². The monoisotopic (exact) mass is 204 g/mol. The van der Waals surface area contributed by atoms with Gasteiger partial charge in [0, 0.05) is 0 Å². The molecule has 2 atom stereocenters. The molecule has 0 aromatic rings. The van der Waals surface area contributed by atoms with Crippen molar-refractivity contribution in [1.82, 2.24) is 0 Å². The van der Waals surface area contributed by atoms with Gasteiger partial charge in [-0.1, -0.05) is 18.1 Å². The smallest absolute Gasteiger partial charge is 0.0546 e. The van der Waals surface area contributed by atoms with E-state index in [9.17, 15) is 5.11 Å². The van der Waals surface area contributed by atoms with E-state index < -0.39 is 0 Å². The van der Waals surface area contributed by atoms with Crippen LogP contribution < -0.4 is 0 Å². The molecular weight excluding hydrogens is 184 g/mol. The summed E-state index contributed by atoms with van der Waals surface area (Å²) >= 11 is 0. The van der Waals surface area contributed by atoms with E-state index in [1.54, 1.807) is 16.7 Å². The van der Waals surface area contributed by atoms with Crippen LogP contribution in [-0.2, 0) is 0 Å². The van der Waals surface area contributed by atoms with Crippen molar-refractivity contribution in [2.24, 2.45) is 5.92 Å². The summed E-state index contributed by atoms with van der Waals surface area (Å²) in [5.41, 5.74) is 5.01. The van der Waals surface area contributed by atoms with Crippen LogP contribution in [0.2, 0.25) is 0 Å². The number of fused-ring (bicyclic) bond motifs is 2. The van der Waals surface area contributed by atoms with Gasteiger partial charge in [0.2, 0.25) is 0 Å². The highest BCUT2D eigenvalue weighted by molar-refractivity contribution is 5.48. The SMILES string of the molecule is OC1CCCC/C=C2/CC/C2=C2\C[C@@H]2C1. The number of allylic oxidation sites excluding steroid dienone is 4. The summed E-state index contributed by atoms with van der Waals surface area (Å²) in [5.74, 6) is 0.747. The fraction of sp³-hybridized carbons (Fsp3) is 0.714. The Balaban J connectivity index is 1.77. The molecule has 3 aliphatic rings. The van der Waals surface area contributed by atoms with Crippen LogP contribution in [0, 0.1) is 5.92 Å². The highest BCUT2D eigenvalue weighted by Gasteiger charge is 2.37. The highest BCUT2D eigenvalue weighted by Crippen LogP contribution is 2.51. The molecule has 0 aromatic carbocycles. The van der Waals surface area contributed by atoms with Crippen molar-refractivity contribution in [3.05, 3.63) is 22.8 Å². The number of aliphatic hydroxyl groups excluding tert-OH is 1. The number of rotatable bonds is 0.